The van der Waals surface area contributed by atoms with Crippen molar-refractivity contribution in [1.82, 2.24) is 10.6 Å². The predicted octanol–water partition coefficient (Wildman–Crippen LogP) is -0.798. The van der Waals surface area contributed by atoms with Gasteiger partial charge in [-0.2, -0.15) is 0 Å². The molecule has 0 saturated carbocycles. The highest BCUT2D eigenvalue weighted by atomic mass is 16.1. The minimum atomic E-state index is -0.506. The highest BCUT2D eigenvalue weighted by molar-refractivity contribution is 5.85. The molecule has 0 spiro atoms. The Morgan fingerprint density at radius 3 is 2.67 bits per heavy atom. The van der Waals surface area contributed by atoms with Crippen LogP contribution in [0.5, 0.6) is 0 Å². The second kappa shape index (κ2) is 3.41. The lowest BCUT2D eigenvalue weighted by atomic mass is 9.97. The quantitative estimate of drug-likeness (QED) is 0.521. The van der Waals surface area contributed by atoms with Crippen LogP contribution in [-0.2, 0) is 4.79 Å². The first kappa shape index (κ1) is 9.48. The molecule has 1 saturated heterocycles. The molecule has 0 aromatic heterocycles. The van der Waals surface area contributed by atoms with E-state index >= 15 is 0 Å². The van der Waals surface area contributed by atoms with E-state index in [9.17, 15) is 4.79 Å². The summed E-state index contributed by atoms with van der Waals surface area (Å²) in [5.41, 5.74) is 4.83. The van der Waals surface area contributed by atoms with Gasteiger partial charge in [0.2, 0.25) is 5.91 Å². The average molecular weight is 171 g/mol. The van der Waals surface area contributed by atoms with Crippen molar-refractivity contribution < 1.29 is 4.79 Å². The van der Waals surface area contributed by atoms with Crippen molar-refractivity contribution >= 4 is 5.91 Å². The molecule has 4 heteroatoms. The molecule has 1 unspecified atom stereocenters. The van der Waals surface area contributed by atoms with E-state index in [1.807, 2.05) is 13.8 Å². The van der Waals surface area contributed by atoms with Crippen LogP contribution >= 0.6 is 0 Å². The molecule has 0 bridgehead atoms. The Bertz CT molecular complexity index is 173. The Morgan fingerprint density at radius 1 is 1.67 bits per heavy atom. The highest BCUT2D eigenvalue weighted by Gasteiger charge is 2.39. The molecule has 1 aliphatic heterocycles. The summed E-state index contributed by atoms with van der Waals surface area (Å²) in [6.07, 6.45) is 0.792. The summed E-state index contributed by atoms with van der Waals surface area (Å²) in [4.78, 5) is 11.2. The first-order chi connectivity index (χ1) is 5.57. The van der Waals surface area contributed by atoms with Gasteiger partial charge in [0.15, 0.2) is 0 Å². The summed E-state index contributed by atoms with van der Waals surface area (Å²) < 4.78 is 0. The zero-order valence-corrected chi connectivity index (χ0v) is 7.68. The Morgan fingerprint density at radius 2 is 2.33 bits per heavy atom. The van der Waals surface area contributed by atoms with Crippen molar-refractivity contribution in [1.29, 1.82) is 0 Å². The number of hydrogen-bond acceptors (Lipinski definition) is 3. The molecule has 1 aliphatic rings. The standard InChI is InChI=1S/C8H17N3O/c1-6(2)11-8(7(9)12)3-4-10-5-8/h6,10-11H,3-5H2,1-2H3,(H2,9,12). The number of amides is 1. The number of primary amides is 1. The van der Waals surface area contributed by atoms with E-state index in [1.165, 1.54) is 0 Å². The normalized spacial score (nSPS) is 29.6. The van der Waals surface area contributed by atoms with Crippen molar-refractivity contribution in [3.8, 4) is 0 Å². The van der Waals surface area contributed by atoms with Crippen molar-refractivity contribution in [2.75, 3.05) is 13.1 Å². The number of rotatable bonds is 3. The van der Waals surface area contributed by atoms with Crippen molar-refractivity contribution in [3.05, 3.63) is 0 Å². The zero-order valence-electron chi connectivity index (χ0n) is 7.68. The maximum absolute atomic E-state index is 11.2. The Hall–Kier alpha value is -0.610. The summed E-state index contributed by atoms with van der Waals surface area (Å²) in [6, 6.07) is 0.289. The van der Waals surface area contributed by atoms with Gasteiger partial charge in [0.25, 0.3) is 0 Å². The van der Waals surface area contributed by atoms with Crippen LogP contribution < -0.4 is 16.4 Å². The van der Waals surface area contributed by atoms with E-state index in [0.29, 0.717) is 6.54 Å². The molecule has 12 heavy (non-hydrogen) atoms. The molecule has 1 atom stereocenters. The van der Waals surface area contributed by atoms with Gasteiger partial charge in [-0.1, -0.05) is 0 Å². The first-order valence-electron chi connectivity index (χ1n) is 4.35. The molecule has 0 aliphatic carbocycles. The molecule has 0 aromatic rings. The Kier molecular flexibility index (Phi) is 2.69. The first-order valence-corrected chi connectivity index (χ1v) is 4.35. The van der Waals surface area contributed by atoms with Gasteiger partial charge in [0.1, 0.15) is 5.54 Å². The SMILES string of the molecule is CC(C)NC1(C(N)=O)CCNC1. The molecule has 0 radical (unpaired) electrons. The molecule has 1 fully saturated rings. The molecule has 0 aromatic carbocycles. The lowest BCUT2D eigenvalue weighted by Crippen LogP contribution is -2.59. The number of nitrogens with one attached hydrogen (secondary N) is 2. The fraction of sp³-hybridized carbons (Fsp3) is 0.875. The molecule has 1 amide bonds. The van der Waals surface area contributed by atoms with Crippen LogP contribution in [0.3, 0.4) is 0 Å². The van der Waals surface area contributed by atoms with E-state index in [0.717, 1.165) is 13.0 Å². The van der Waals surface area contributed by atoms with Crippen LogP contribution in [0.25, 0.3) is 0 Å². The topological polar surface area (TPSA) is 67.1 Å². The molecular formula is C8H17N3O. The summed E-state index contributed by atoms with van der Waals surface area (Å²) in [6.45, 7) is 5.55. The Balaban J connectivity index is 2.65. The van der Waals surface area contributed by atoms with Gasteiger partial charge in [-0.25, -0.2) is 0 Å². The molecule has 4 nitrogen and oxygen atoms in total. The molecule has 1 rings (SSSR count). The van der Waals surface area contributed by atoms with Gasteiger partial charge >= 0.3 is 0 Å². The number of nitrogens with two attached hydrogens (primary N) is 1. The van der Waals surface area contributed by atoms with Crippen LogP contribution in [0.2, 0.25) is 0 Å². The smallest absolute Gasteiger partial charge is 0.239 e. The zero-order chi connectivity index (χ0) is 9.19. The maximum atomic E-state index is 11.2. The lowest BCUT2D eigenvalue weighted by molar-refractivity contribution is -0.124. The minimum absolute atomic E-state index is 0.249. The average Bonchev–Trinajstić information content (AvgIpc) is 2.35. The van der Waals surface area contributed by atoms with Crippen LogP contribution in [0.1, 0.15) is 20.3 Å². The van der Waals surface area contributed by atoms with Gasteiger partial charge in [-0.05, 0) is 26.8 Å². The van der Waals surface area contributed by atoms with E-state index in [1.54, 1.807) is 0 Å². The van der Waals surface area contributed by atoms with Crippen molar-refractivity contribution in [3.63, 3.8) is 0 Å². The molecular weight excluding hydrogens is 154 g/mol. The lowest BCUT2D eigenvalue weighted by Gasteiger charge is -2.28. The molecule has 4 N–H and O–H groups in total. The van der Waals surface area contributed by atoms with Crippen LogP contribution in [0, 0.1) is 0 Å². The number of hydrogen-bond donors (Lipinski definition) is 3. The van der Waals surface area contributed by atoms with Crippen LogP contribution in [0.4, 0.5) is 0 Å². The van der Waals surface area contributed by atoms with E-state index in [4.69, 9.17) is 5.73 Å². The predicted molar refractivity (Wildman–Crippen MR) is 47.7 cm³/mol. The summed E-state index contributed by atoms with van der Waals surface area (Å²) >= 11 is 0. The van der Waals surface area contributed by atoms with E-state index in [2.05, 4.69) is 10.6 Å². The van der Waals surface area contributed by atoms with E-state index < -0.39 is 5.54 Å². The van der Waals surface area contributed by atoms with Crippen molar-refractivity contribution in [2.45, 2.75) is 31.8 Å². The van der Waals surface area contributed by atoms with Gasteiger partial charge in [0, 0.05) is 12.6 Å². The fourth-order valence-corrected chi connectivity index (χ4v) is 1.65. The second-order valence-electron chi connectivity index (χ2n) is 3.67. The van der Waals surface area contributed by atoms with Gasteiger partial charge in [0.05, 0.1) is 0 Å². The van der Waals surface area contributed by atoms with Crippen LogP contribution in [0.15, 0.2) is 0 Å². The monoisotopic (exact) mass is 171 g/mol. The Labute approximate surface area is 72.9 Å². The maximum Gasteiger partial charge on any atom is 0.239 e. The second-order valence-corrected chi connectivity index (χ2v) is 3.67. The minimum Gasteiger partial charge on any atom is -0.368 e. The highest BCUT2D eigenvalue weighted by Crippen LogP contribution is 2.14. The van der Waals surface area contributed by atoms with Crippen molar-refractivity contribution in [2.24, 2.45) is 5.73 Å². The van der Waals surface area contributed by atoms with E-state index in [-0.39, 0.29) is 11.9 Å². The van der Waals surface area contributed by atoms with Gasteiger partial charge < -0.3 is 11.1 Å². The van der Waals surface area contributed by atoms with Gasteiger partial charge in [-0.3, -0.25) is 10.1 Å². The van der Waals surface area contributed by atoms with Gasteiger partial charge in [-0.15, -0.1) is 0 Å². The van der Waals surface area contributed by atoms with Crippen LogP contribution in [-0.4, -0.2) is 30.6 Å². The summed E-state index contributed by atoms with van der Waals surface area (Å²) in [7, 11) is 0. The third kappa shape index (κ3) is 1.76. The number of carbonyl (C=O) groups is 1. The fourth-order valence-electron chi connectivity index (χ4n) is 1.65. The summed E-state index contributed by atoms with van der Waals surface area (Å²) in [5, 5.41) is 6.35. The summed E-state index contributed by atoms with van der Waals surface area (Å²) in [5.74, 6) is -0.249. The number of carbonyl (C=O) groups excluding carboxylic acids is 1. The molecule has 1 heterocycles. The third-order valence-corrected chi connectivity index (χ3v) is 2.19. The molecule has 70 valence electrons. The third-order valence-electron chi connectivity index (χ3n) is 2.19. The largest absolute Gasteiger partial charge is 0.368 e.